The Bertz CT molecular complexity index is 618. The molecule has 0 unspecified atom stereocenters. The number of terminal acetylenes is 1. The van der Waals surface area contributed by atoms with Crippen molar-refractivity contribution in [2.24, 2.45) is 0 Å². The molecule has 0 saturated carbocycles. The zero-order chi connectivity index (χ0) is 13.9. The van der Waals surface area contributed by atoms with Gasteiger partial charge in [-0.05, 0) is 18.2 Å². The van der Waals surface area contributed by atoms with Gasteiger partial charge in [-0.1, -0.05) is 5.92 Å². The van der Waals surface area contributed by atoms with Crippen LogP contribution in [0.3, 0.4) is 0 Å². The summed E-state index contributed by atoms with van der Waals surface area (Å²) in [6.07, 6.45) is 4.99. The molecule has 0 bridgehead atoms. The minimum absolute atomic E-state index is 0.238. The van der Waals surface area contributed by atoms with Crippen molar-refractivity contribution in [1.29, 1.82) is 0 Å². The zero-order valence-corrected chi connectivity index (χ0v) is 10.2. The van der Waals surface area contributed by atoms with Crippen LogP contribution >= 0.6 is 0 Å². The van der Waals surface area contributed by atoms with E-state index in [0.717, 1.165) is 16.4 Å². The normalized spacial score (nSPS) is 11.2. The number of carboxylic acid groups (broad SMARTS) is 1. The Kier molecular flexibility index (Phi) is 4.06. The van der Waals surface area contributed by atoms with Crippen LogP contribution in [0.2, 0.25) is 0 Å². The number of nitrogens with zero attached hydrogens (tertiary/aromatic N) is 1. The smallest absolute Gasteiger partial charge is 0.337 e. The van der Waals surface area contributed by atoms with E-state index in [1.54, 1.807) is 0 Å². The Labute approximate surface area is 104 Å². The summed E-state index contributed by atoms with van der Waals surface area (Å²) in [5.74, 6) is -0.184. The Morgan fingerprint density at radius 3 is 2.67 bits per heavy atom. The van der Waals surface area contributed by atoms with Crippen LogP contribution < -0.4 is 0 Å². The van der Waals surface area contributed by atoms with Crippen LogP contribution in [0.1, 0.15) is 10.4 Å². The number of carboxylic acids is 1. The predicted molar refractivity (Wildman–Crippen MR) is 62.0 cm³/mol. The van der Waals surface area contributed by atoms with Crippen LogP contribution in [0, 0.1) is 18.2 Å². The number of aromatic carboxylic acids is 1. The molecule has 0 aliphatic heterocycles. The van der Waals surface area contributed by atoms with E-state index in [9.17, 15) is 17.6 Å². The Morgan fingerprint density at radius 1 is 1.56 bits per heavy atom. The highest BCUT2D eigenvalue weighted by atomic mass is 32.2. The van der Waals surface area contributed by atoms with E-state index >= 15 is 0 Å². The molecule has 5 nitrogen and oxygen atoms in total. The molecule has 7 heteroatoms. The highest BCUT2D eigenvalue weighted by Crippen LogP contribution is 2.20. The topological polar surface area (TPSA) is 74.7 Å². The molecular formula is C11H10FNO4S. The van der Waals surface area contributed by atoms with Crippen LogP contribution in [-0.4, -0.2) is 37.4 Å². The monoisotopic (exact) mass is 271 g/mol. The Balaban J connectivity index is 3.45. The third-order valence-corrected chi connectivity index (χ3v) is 4.02. The van der Waals surface area contributed by atoms with Gasteiger partial charge in [0.15, 0.2) is 0 Å². The van der Waals surface area contributed by atoms with Crippen molar-refractivity contribution in [2.45, 2.75) is 4.90 Å². The molecule has 0 fully saturated rings. The lowest BCUT2D eigenvalue weighted by molar-refractivity contribution is 0.0692. The van der Waals surface area contributed by atoms with Crippen molar-refractivity contribution in [2.75, 3.05) is 13.6 Å². The van der Waals surface area contributed by atoms with Crippen LogP contribution in [0.15, 0.2) is 23.1 Å². The number of rotatable bonds is 4. The second-order valence-corrected chi connectivity index (χ2v) is 5.42. The highest BCUT2D eigenvalue weighted by Gasteiger charge is 2.26. The van der Waals surface area contributed by atoms with Crippen LogP contribution in [0.25, 0.3) is 0 Å². The lowest BCUT2D eigenvalue weighted by atomic mass is 10.2. The highest BCUT2D eigenvalue weighted by molar-refractivity contribution is 7.89. The van der Waals surface area contributed by atoms with Crippen LogP contribution in [0.5, 0.6) is 0 Å². The fraction of sp³-hybridized carbons (Fsp3) is 0.182. The van der Waals surface area contributed by atoms with Gasteiger partial charge in [-0.3, -0.25) is 0 Å². The summed E-state index contributed by atoms with van der Waals surface area (Å²) in [5.41, 5.74) is -0.500. The van der Waals surface area contributed by atoms with Crippen LogP contribution in [-0.2, 0) is 10.0 Å². The first-order valence-corrected chi connectivity index (χ1v) is 6.17. The second-order valence-electron chi connectivity index (χ2n) is 3.41. The molecular weight excluding hydrogens is 261 g/mol. The first kappa shape index (κ1) is 14.2. The summed E-state index contributed by atoms with van der Waals surface area (Å²) in [7, 11) is -2.94. The fourth-order valence-corrected chi connectivity index (χ4v) is 2.54. The molecule has 0 amide bonds. The molecule has 0 saturated heterocycles. The van der Waals surface area contributed by atoms with Gasteiger partial charge in [0.25, 0.3) is 0 Å². The molecule has 1 aromatic rings. The van der Waals surface area contributed by atoms with Gasteiger partial charge in [0, 0.05) is 7.05 Å². The van der Waals surface area contributed by atoms with E-state index in [0.29, 0.717) is 6.07 Å². The van der Waals surface area contributed by atoms with Crippen molar-refractivity contribution in [3.63, 3.8) is 0 Å². The zero-order valence-electron chi connectivity index (χ0n) is 9.42. The maximum atomic E-state index is 13.1. The summed E-state index contributed by atoms with van der Waals surface area (Å²) in [6.45, 7) is -0.238. The summed E-state index contributed by atoms with van der Waals surface area (Å²) < 4.78 is 37.8. The van der Waals surface area contributed by atoms with E-state index in [1.807, 2.05) is 0 Å². The van der Waals surface area contributed by atoms with E-state index in [1.165, 1.54) is 7.05 Å². The molecule has 0 aliphatic carbocycles. The molecule has 1 N–H and O–H groups in total. The number of hydrogen-bond donors (Lipinski definition) is 1. The molecule has 0 aliphatic rings. The van der Waals surface area contributed by atoms with Gasteiger partial charge < -0.3 is 5.11 Å². The fourth-order valence-electron chi connectivity index (χ4n) is 1.27. The molecule has 0 radical (unpaired) electrons. The predicted octanol–water partition coefficient (Wildman–Crippen LogP) is 0.778. The average Bonchev–Trinajstić information content (AvgIpc) is 2.28. The SMILES string of the molecule is C#CCN(C)S(=O)(=O)c1cc(F)ccc1C(=O)O. The Morgan fingerprint density at radius 2 is 2.17 bits per heavy atom. The quantitative estimate of drug-likeness (QED) is 0.821. The summed E-state index contributed by atoms with van der Waals surface area (Å²) in [5, 5.41) is 8.89. The van der Waals surface area contributed by atoms with Gasteiger partial charge in [0.05, 0.1) is 17.0 Å². The van der Waals surface area contributed by atoms with Gasteiger partial charge >= 0.3 is 5.97 Å². The van der Waals surface area contributed by atoms with Crippen molar-refractivity contribution in [3.8, 4) is 12.3 Å². The first-order chi connectivity index (χ1) is 8.30. The van der Waals surface area contributed by atoms with E-state index in [2.05, 4.69) is 5.92 Å². The summed E-state index contributed by atoms with van der Waals surface area (Å²) >= 11 is 0. The number of sulfonamides is 1. The number of benzene rings is 1. The maximum absolute atomic E-state index is 13.1. The molecule has 96 valence electrons. The molecule has 0 aromatic heterocycles. The standard InChI is InChI=1S/C11H10FNO4S/c1-3-6-13(2)18(16,17)10-7-8(12)4-5-9(10)11(14)15/h1,4-5,7H,6H2,2H3,(H,14,15). The molecule has 0 heterocycles. The second kappa shape index (κ2) is 5.16. The number of carbonyl (C=O) groups is 1. The minimum Gasteiger partial charge on any atom is -0.478 e. The Hall–Kier alpha value is -1.91. The maximum Gasteiger partial charge on any atom is 0.337 e. The van der Waals surface area contributed by atoms with Gasteiger partial charge in [0.2, 0.25) is 10.0 Å². The van der Waals surface area contributed by atoms with E-state index < -0.39 is 32.3 Å². The van der Waals surface area contributed by atoms with E-state index in [-0.39, 0.29) is 6.54 Å². The lowest BCUT2D eigenvalue weighted by Crippen LogP contribution is -2.28. The third kappa shape index (κ3) is 2.67. The number of halogens is 1. The van der Waals surface area contributed by atoms with Crippen LogP contribution in [0.4, 0.5) is 4.39 Å². The third-order valence-electron chi connectivity index (χ3n) is 2.18. The lowest BCUT2D eigenvalue weighted by Gasteiger charge is -2.15. The number of hydrogen-bond acceptors (Lipinski definition) is 3. The summed E-state index contributed by atoms with van der Waals surface area (Å²) in [6, 6.07) is 2.43. The largest absolute Gasteiger partial charge is 0.478 e. The van der Waals surface area contributed by atoms with Crippen molar-refractivity contribution < 1.29 is 22.7 Å². The minimum atomic E-state index is -4.13. The van der Waals surface area contributed by atoms with Crippen molar-refractivity contribution in [3.05, 3.63) is 29.6 Å². The molecule has 0 spiro atoms. The van der Waals surface area contributed by atoms with Gasteiger partial charge in [-0.15, -0.1) is 6.42 Å². The first-order valence-electron chi connectivity index (χ1n) is 4.73. The van der Waals surface area contributed by atoms with Gasteiger partial charge in [-0.2, -0.15) is 4.31 Å². The van der Waals surface area contributed by atoms with Gasteiger partial charge in [0.1, 0.15) is 5.82 Å². The van der Waals surface area contributed by atoms with Crippen molar-refractivity contribution in [1.82, 2.24) is 4.31 Å². The van der Waals surface area contributed by atoms with Crippen molar-refractivity contribution >= 4 is 16.0 Å². The molecule has 0 atom stereocenters. The molecule has 1 rings (SSSR count). The van der Waals surface area contributed by atoms with E-state index in [4.69, 9.17) is 11.5 Å². The molecule has 18 heavy (non-hydrogen) atoms. The molecule has 1 aromatic carbocycles. The average molecular weight is 271 g/mol. The van der Waals surface area contributed by atoms with Gasteiger partial charge in [-0.25, -0.2) is 17.6 Å². The summed E-state index contributed by atoms with van der Waals surface area (Å²) in [4.78, 5) is 10.3.